The highest BCUT2D eigenvalue weighted by atomic mass is 35.5. The first-order valence-corrected chi connectivity index (χ1v) is 8.85. The minimum atomic E-state index is -0.561. The third-order valence-electron chi connectivity index (χ3n) is 4.11. The molecule has 1 saturated carbocycles. The zero-order valence-corrected chi connectivity index (χ0v) is 15.3. The van der Waals surface area contributed by atoms with Crippen molar-refractivity contribution < 1.29 is 19.0 Å². The van der Waals surface area contributed by atoms with Crippen molar-refractivity contribution in [2.75, 3.05) is 7.11 Å². The van der Waals surface area contributed by atoms with Gasteiger partial charge in [0.05, 0.1) is 28.8 Å². The Kier molecular flexibility index (Phi) is 5.71. The Morgan fingerprint density at radius 2 is 1.72 bits per heavy atom. The molecule has 0 saturated heterocycles. The Bertz CT molecular complexity index is 750. The summed E-state index contributed by atoms with van der Waals surface area (Å²) in [5.41, 5.74) is 0.338. The van der Waals surface area contributed by atoms with Gasteiger partial charge in [-0.3, -0.25) is 0 Å². The van der Waals surface area contributed by atoms with Gasteiger partial charge in [-0.15, -0.1) is 0 Å². The van der Waals surface area contributed by atoms with E-state index in [1.54, 1.807) is 43.5 Å². The van der Waals surface area contributed by atoms with Crippen molar-refractivity contribution >= 4 is 29.2 Å². The number of carbonyl (C=O) groups excluding carboxylic acids is 1. The number of rotatable bonds is 5. The Labute approximate surface area is 156 Å². The second kappa shape index (κ2) is 7.98. The lowest BCUT2D eigenvalue weighted by Gasteiger charge is -2.16. The summed E-state index contributed by atoms with van der Waals surface area (Å²) < 4.78 is 16.7. The van der Waals surface area contributed by atoms with Gasteiger partial charge in [0.2, 0.25) is 0 Å². The maximum Gasteiger partial charge on any atom is 0.343 e. The first-order valence-electron chi connectivity index (χ1n) is 8.09. The maximum atomic E-state index is 12.5. The number of methoxy groups -OCH3 is 1. The van der Waals surface area contributed by atoms with Gasteiger partial charge in [-0.05, 0) is 56.0 Å². The van der Waals surface area contributed by atoms with Crippen LogP contribution in [0, 0.1) is 0 Å². The molecule has 1 aliphatic carbocycles. The second-order valence-corrected chi connectivity index (χ2v) is 6.64. The molecule has 0 unspecified atom stereocenters. The average Bonchev–Trinajstić information content (AvgIpc) is 3.11. The van der Waals surface area contributed by atoms with Gasteiger partial charge in [0.25, 0.3) is 0 Å². The first kappa shape index (κ1) is 17.9. The van der Waals surface area contributed by atoms with E-state index in [2.05, 4.69) is 0 Å². The number of esters is 1. The van der Waals surface area contributed by atoms with Crippen molar-refractivity contribution in [3.8, 4) is 17.2 Å². The number of hydrogen-bond acceptors (Lipinski definition) is 4. The molecule has 1 aliphatic rings. The minimum absolute atomic E-state index is 0.143. The molecule has 0 radical (unpaired) electrons. The summed E-state index contributed by atoms with van der Waals surface area (Å²) >= 11 is 12.1. The SMILES string of the molecule is COc1ccc(C(=O)Oc2c(Cl)cccc2Cl)cc1OC1CCCC1. The van der Waals surface area contributed by atoms with Crippen LogP contribution in [0.15, 0.2) is 36.4 Å². The lowest BCUT2D eigenvalue weighted by Crippen LogP contribution is -2.13. The molecule has 3 rings (SSSR count). The van der Waals surface area contributed by atoms with E-state index in [9.17, 15) is 4.79 Å². The van der Waals surface area contributed by atoms with E-state index in [1.807, 2.05) is 0 Å². The molecule has 0 aliphatic heterocycles. The van der Waals surface area contributed by atoms with E-state index >= 15 is 0 Å². The predicted molar refractivity (Wildman–Crippen MR) is 97.3 cm³/mol. The monoisotopic (exact) mass is 380 g/mol. The van der Waals surface area contributed by atoms with Crippen LogP contribution in [-0.2, 0) is 0 Å². The Morgan fingerprint density at radius 1 is 1.04 bits per heavy atom. The highest BCUT2D eigenvalue weighted by Gasteiger charge is 2.21. The fourth-order valence-electron chi connectivity index (χ4n) is 2.81. The standard InChI is InChI=1S/C19H18Cl2O4/c1-23-16-10-9-12(11-17(16)24-13-5-2-3-6-13)19(22)25-18-14(20)7-4-8-15(18)21/h4,7-11,13H,2-3,5-6H2,1H3. The van der Waals surface area contributed by atoms with E-state index in [0.29, 0.717) is 17.1 Å². The van der Waals surface area contributed by atoms with E-state index in [-0.39, 0.29) is 21.9 Å². The second-order valence-electron chi connectivity index (χ2n) is 5.83. The number of para-hydroxylation sites is 1. The molecule has 0 amide bonds. The van der Waals surface area contributed by atoms with Crippen LogP contribution in [0.5, 0.6) is 17.2 Å². The smallest absolute Gasteiger partial charge is 0.343 e. The van der Waals surface area contributed by atoms with E-state index in [0.717, 1.165) is 25.7 Å². The van der Waals surface area contributed by atoms with Crippen molar-refractivity contribution in [3.63, 3.8) is 0 Å². The average molecular weight is 381 g/mol. The van der Waals surface area contributed by atoms with Gasteiger partial charge in [-0.1, -0.05) is 29.3 Å². The summed E-state index contributed by atoms with van der Waals surface area (Å²) in [5.74, 6) is 0.701. The summed E-state index contributed by atoms with van der Waals surface area (Å²) in [6.45, 7) is 0. The van der Waals surface area contributed by atoms with Gasteiger partial charge in [0.1, 0.15) is 0 Å². The van der Waals surface area contributed by atoms with Crippen LogP contribution >= 0.6 is 23.2 Å². The number of carbonyl (C=O) groups is 1. The third-order valence-corrected chi connectivity index (χ3v) is 4.70. The number of hydrogen-bond donors (Lipinski definition) is 0. The zero-order chi connectivity index (χ0) is 17.8. The molecule has 0 spiro atoms. The van der Waals surface area contributed by atoms with E-state index in [1.165, 1.54) is 0 Å². The van der Waals surface area contributed by atoms with Crippen molar-refractivity contribution in [2.24, 2.45) is 0 Å². The third kappa shape index (κ3) is 4.20. The van der Waals surface area contributed by atoms with Crippen LogP contribution in [0.3, 0.4) is 0 Å². The molecule has 0 heterocycles. The summed E-state index contributed by atoms with van der Waals surface area (Å²) in [7, 11) is 1.57. The quantitative estimate of drug-likeness (QED) is 0.504. The van der Waals surface area contributed by atoms with Crippen molar-refractivity contribution in [3.05, 3.63) is 52.0 Å². The van der Waals surface area contributed by atoms with Gasteiger partial charge in [0, 0.05) is 0 Å². The molecular formula is C19H18Cl2O4. The van der Waals surface area contributed by atoms with Crippen LogP contribution in [-0.4, -0.2) is 19.2 Å². The molecule has 0 atom stereocenters. The highest BCUT2D eigenvalue weighted by Crippen LogP contribution is 2.35. The van der Waals surface area contributed by atoms with Crippen molar-refractivity contribution in [1.29, 1.82) is 0 Å². The van der Waals surface area contributed by atoms with Crippen LogP contribution < -0.4 is 14.2 Å². The Balaban J connectivity index is 1.82. The normalized spacial score (nSPS) is 14.4. The topological polar surface area (TPSA) is 44.8 Å². The van der Waals surface area contributed by atoms with Gasteiger partial charge in [-0.2, -0.15) is 0 Å². The zero-order valence-electron chi connectivity index (χ0n) is 13.8. The van der Waals surface area contributed by atoms with Crippen molar-refractivity contribution in [1.82, 2.24) is 0 Å². The Hall–Kier alpha value is -1.91. The first-order chi connectivity index (χ1) is 12.1. The fourth-order valence-corrected chi connectivity index (χ4v) is 3.29. The predicted octanol–water partition coefficient (Wildman–Crippen LogP) is 5.54. The molecule has 0 aromatic heterocycles. The lowest BCUT2D eigenvalue weighted by molar-refractivity contribution is 0.0734. The summed E-state index contributed by atoms with van der Waals surface area (Å²) in [6.07, 6.45) is 4.47. The molecule has 4 nitrogen and oxygen atoms in total. The van der Waals surface area contributed by atoms with Crippen LogP contribution in [0.25, 0.3) is 0 Å². The molecule has 0 N–H and O–H groups in total. The fraction of sp³-hybridized carbons (Fsp3) is 0.316. The van der Waals surface area contributed by atoms with Gasteiger partial charge < -0.3 is 14.2 Å². The Morgan fingerprint density at radius 3 is 2.36 bits per heavy atom. The number of halogens is 2. The van der Waals surface area contributed by atoms with Gasteiger partial charge in [-0.25, -0.2) is 4.79 Å². The number of benzene rings is 2. The molecule has 2 aromatic rings. The summed E-state index contributed by atoms with van der Waals surface area (Å²) in [6, 6.07) is 9.84. The van der Waals surface area contributed by atoms with Crippen LogP contribution in [0.4, 0.5) is 0 Å². The van der Waals surface area contributed by atoms with Gasteiger partial charge in [0.15, 0.2) is 17.2 Å². The molecule has 132 valence electrons. The lowest BCUT2D eigenvalue weighted by atomic mass is 10.2. The largest absolute Gasteiger partial charge is 0.493 e. The molecule has 25 heavy (non-hydrogen) atoms. The van der Waals surface area contributed by atoms with E-state index < -0.39 is 5.97 Å². The number of ether oxygens (including phenoxy) is 3. The molecule has 0 bridgehead atoms. The van der Waals surface area contributed by atoms with E-state index in [4.69, 9.17) is 37.4 Å². The summed E-state index contributed by atoms with van der Waals surface area (Å²) in [5, 5.41) is 0.550. The van der Waals surface area contributed by atoms with Gasteiger partial charge >= 0.3 is 5.97 Å². The molecule has 2 aromatic carbocycles. The van der Waals surface area contributed by atoms with Crippen LogP contribution in [0.2, 0.25) is 10.0 Å². The highest BCUT2D eigenvalue weighted by molar-refractivity contribution is 6.37. The molecular weight excluding hydrogens is 363 g/mol. The summed E-state index contributed by atoms with van der Waals surface area (Å²) in [4.78, 5) is 12.5. The molecule has 1 fully saturated rings. The van der Waals surface area contributed by atoms with Crippen molar-refractivity contribution in [2.45, 2.75) is 31.8 Å². The molecule has 6 heteroatoms. The maximum absolute atomic E-state index is 12.5. The van der Waals surface area contributed by atoms with Crippen LogP contribution in [0.1, 0.15) is 36.0 Å². The minimum Gasteiger partial charge on any atom is -0.493 e.